The van der Waals surface area contributed by atoms with E-state index in [1.54, 1.807) is 0 Å². The Morgan fingerprint density at radius 1 is 1.41 bits per heavy atom. The van der Waals surface area contributed by atoms with Crippen LogP contribution in [0.15, 0.2) is 18.2 Å². The maximum Gasteiger partial charge on any atom is 0.178 e. The van der Waals surface area contributed by atoms with E-state index in [2.05, 4.69) is 30.3 Å². The van der Waals surface area contributed by atoms with Gasteiger partial charge in [-0.25, -0.2) is 0 Å². The lowest BCUT2D eigenvalue weighted by molar-refractivity contribution is 0.330. The largest absolute Gasteiger partial charge is 0.331 e. The molecule has 0 amide bonds. The molecule has 0 fully saturated rings. The van der Waals surface area contributed by atoms with Crippen LogP contribution in [0.3, 0.4) is 0 Å². The second kappa shape index (κ2) is 4.46. The molecule has 0 spiro atoms. The van der Waals surface area contributed by atoms with E-state index in [1.165, 1.54) is 0 Å². The first-order valence-corrected chi connectivity index (χ1v) is 6.65. The van der Waals surface area contributed by atoms with Gasteiger partial charge in [-0.15, -0.1) is 0 Å². The number of hydrogen-bond acceptors (Lipinski definition) is 1. The number of hydrogen-bond donors (Lipinski definition) is 1. The fourth-order valence-electron chi connectivity index (χ4n) is 2.40. The summed E-state index contributed by atoms with van der Waals surface area (Å²) in [6.45, 7) is 6.61. The lowest BCUT2D eigenvalue weighted by Crippen LogP contribution is -2.25. The molecular formula is C13H17ClN2S. The molecule has 0 aliphatic heterocycles. The zero-order chi connectivity index (χ0) is 12.6. The first-order chi connectivity index (χ1) is 7.95. The lowest BCUT2D eigenvalue weighted by Gasteiger charge is -2.27. The van der Waals surface area contributed by atoms with Crippen LogP contribution >= 0.6 is 23.8 Å². The molecule has 1 heterocycles. The summed E-state index contributed by atoms with van der Waals surface area (Å²) >= 11 is 11.5. The van der Waals surface area contributed by atoms with E-state index in [4.69, 9.17) is 23.8 Å². The Balaban J connectivity index is 2.72. The Kier molecular flexibility index (Phi) is 3.32. The van der Waals surface area contributed by atoms with E-state index < -0.39 is 0 Å². The van der Waals surface area contributed by atoms with Crippen molar-refractivity contribution >= 4 is 34.9 Å². The SMILES string of the molecule is CCCC(C)(C)n1c(=S)[nH]c2ccc(Cl)cc21. The van der Waals surface area contributed by atoms with Crippen molar-refractivity contribution in [1.82, 2.24) is 9.55 Å². The van der Waals surface area contributed by atoms with Crippen LogP contribution in [-0.2, 0) is 5.54 Å². The predicted molar refractivity (Wildman–Crippen MR) is 76.4 cm³/mol. The molecule has 4 heteroatoms. The van der Waals surface area contributed by atoms with Gasteiger partial charge in [0.25, 0.3) is 0 Å². The average Bonchev–Trinajstić information content (AvgIpc) is 2.53. The molecule has 2 rings (SSSR count). The van der Waals surface area contributed by atoms with Crippen LogP contribution in [0, 0.1) is 4.77 Å². The molecule has 1 aromatic carbocycles. The molecule has 2 aromatic rings. The van der Waals surface area contributed by atoms with Gasteiger partial charge in [0.1, 0.15) is 0 Å². The summed E-state index contributed by atoms with van der Waals surface area (Å²) in [5, 5.41) is 0.743. The summed E-state index contributed by atoms with van der Waals surface area (Å²) in [4.78, 5) is 3.24. The molecular weight excluding hydrogens is 252 g/mol. The number of nitrogens with zero attached hydrogens (tertiary/aromatic N) is 1. The molecule has 0 atom stereocenters. The van der Waals surface area contributed by atoms with Crippen LogP contribution in [0.25, 0.3) is 11.0 Å². The fourth-order valence-corrected chi connectivity index (χ4v) is 3.02. The lowest BCUT2D eigenvalue weighted by atomic mass is 9.98. The quantitative estimate of drug-likeness (QED) is 0.786. The second-order valence-electron chi connectivity index (χ2n) is 4.99. The van der Waals surface area contributed by atoms with Gasteiger partial charge in [-0.2, -0.15) is 0 Å². The third-order valence-electron chi connectivity index (χ3n) is 3.11. The van der Waals surface area contributed by atoms with Gasteiger partial charge in [-0.3, -0.25) is 0 Å². The summed E-state index contributed by atoms with van der Waals surface area (Å²) in [6.07, 6.45) is 2.21. The molecule has 0 aliphatic rings. The molecule has 0 saturated carbocycles. The van der Waals surface area contributed by atoms with Crippen molar-refractivity contribution in [3.63, 3.8) is 0 Å². The summed E-state index contributed by atoms with van der Waals surface area (Å²) < 4.78 is 2.94. The van der Waals surface area contributed by atoms with Gasteiger partial charge >= 0.3 is 0 Å². The molecule has 1 N–H and O–H groups in total. The third-order valence-corrected chi connectivity index (χ3v) is 3.63. The molecule has 0 unspecified atom stereocenters. The van der Waals surface area contributed by atoms with Crippen molar-refractivity contribution in [3.05, 3.63) is 28.0 Å². The highest BCUT2D eigenvalue weighted by Crippen LogP contribution is 2.28. The molecule has 0 radical (unpaired) electrons. The van der Waals surface area contributed by atoms with Gasteiger partial charge in [0.05, 0.1) is 11.0 Å². The minimum absolute atomic E-state index is 0.00870. The van der Waals surface area contributed by atoms with E-state index in [-0.39, 0.29) is 5.54 Å². The third kappa shape index (κ3) is 2.26. The van der Waals surface area contributed by atoms with Gasteiger partial charge in [-0.05, 0) is 50.7 Å². The van der Waals surface area contributed by atoms with Crippen molar-refractivity contribution in [2.24, 2.45) is 0 Å². The zero-order valence-electron chi connectivity index (χ0n) is 10.4. The van der Waals surface area contributed by atoms with E-state index >= 15 is 0 Å². The number of aromatic amines is 1. The highest BCUT2D eigenvalue weighted by Gasteiger charge is 2.22. The van der Waals surface area contributed by atoms with Crippen molar-refractivity contribution in [2.75, 3.05) is 0 Å². The number of rotatable bonds is 3. The van der Waals surface area contributed by atoms with Gasteiger partial charge in [0.15, 0.2) is 4.77 Å². The van der Waals surface area contributed by atoms with E-state index in [0.29, 0.717) is 0 Å². The van der Waals surface area contributed by atoms with E-state index in [0.717, 1.165) is 33.7 Å². The Bertz CT molecular complexity index is 595. The van der Waals surface area contributed by atoms with Gasteiger partial charge in [-0.1, -0.05) is 24.9 Å². The predicted octanol–water partition coefficient (Wildman–Crippen LogP) is 4.89. The number of nitrogens with one attached hydrogen (secondary N) is 1. The molecule has 0 saturated heterocycles. The minimum atomic E-state index is 0.00870. The van der Waals surface area contributed by atoms with Gasteiger partial charge < -0.3 is 9.55 Å². The highest BCUT2D eigenvalue weighted by molar-refractivity contribution is 7.71. The fraction of sp³-hybridized carbons (Fsp3) is 0.462. The average molecular weight is 269 g/mol. The number of fused-ring (bicyclic) bond motifs is 1. The monoisotopic (exact) mass is 268 g/mol. The van der Waals surface area contributed by atoms with Crippen LogP contribution in [0.5, 0.6) is 0 Å². The molecule has 1 aromatic heterocycles. The number of H-pyrrole nitrogens is 1. The molecule has 0 bridgehead atoms. The van der Waals surface area contributed by atoms with Crippen molar-refractivity contribution in [1.29, 1.82) is 0 Å². The van der Waals surface area contributed by atoms with Crippen LogP contribution in [0.1, 0.15) is 33.6 Å². The van der Waals surface area contributed by atoms with E-state index in [9.17, 15) is 0 Å². The smallest absolute Gasteiger partial charge is 0.178 e. The summed E-state index contributed by atoms with van der Waals surface area (Å²) in [5.74, 6) is 0. The first-order valence-electron chi connectivity index (χ1n) is 5.86. The van der Waals surface area contributed by atoms with Gasteiger partial charge in [0.2, 0.25) is 0 Å². The van der Waals surface area contributed by atoms with Crippen molar-refractivity contribution in [3.8, 4) is 0 Å². The number of aromatic nitrogens is 2. The van der Waals surface area contributed by atoms with Crippen LogP contribution < -0.4 is 0 Å². The van der Waals surface area contributed by atoms with Crippen LogP contribution in [-0.4, -0.2) is 9.55 Å². The Hall–Kier alpha value is -0.800. The number of benzene rings is 1. The maximum absolute atomic E-state index is 6.07. The Morgan fingerprint density at radius 3 is 2.76 bits per heavy atom. The first kappa shape index (κ1) is 12.7. The normalized spacial score (nSPS) is 12.2. The van der Waals surface area contributed by atoms with Crippen LogP contribution in [0.4, 0.5) is 0 Å². The molecule has 17 heavy (non-hydrogen) atoms. The zero-order valence-corrected chi connectivity index (χ0v) is 12.0. The van der Waals surface area contributed by atoms with Gasteiger partial charge in [0, 0.05) is 10.6 Å². The maximum atomic E-state index is 6.07. The number of imidazole rings is 1. The summed E-state index contributed by atoms with van der Waals surface area (Å²) in [5.41, 5.74) is 2.14. The summed E-state index contributed by atoms with van der Waals surface area (Å²) in [6, 6.07) is 5.83. The molecule has 0 aliphatic carbocycles. The molecule has 92 valence electrons. The summed E-state index contributed by atoms with van der Waals surface area (Å²) in [7, 11) is 0. The Morgan fingerprint density at radius 2 is 2.12 bits per heavy atom. The highest BCUT2D eigenvalue weighted by atomic mass is 35.5. The van der Waals surface area contributed by atoms with Crippen molar-refractivity contribution in [2.45, 2.75) is 39.2 Å². The Labute approximate surface area is 112 Å². The topological polar surface area (TPSA) is 20.7 Å². The van der Waals surface area contributed by atoms with Crippen LogP contribution in [0.2, 0.25) is 5.02 Å². The molecule has 2 nitrogen and oxygen atoms in total. The van der Waals surface area contributed by atoms with Crippen molar-refractivity contribution < 1.29 is 0 Å². The van der Waals surface area contributed by atoms with E-state index in [1.807, 2.05) is 18.2 Å². The second-order valence-corrected chi connectivity index (χ2v) is 5.81. The number of halogens is 1. The minimum Gasteiger partial charge on any atom is -0.331 e. The standard InChI is InChI=1S/C13H17ClN2S/c1-4-7-13(2,3)16-11-8-9(14)5-6-10(11)15-12(16)17/h5-6,8H,4,7H2,1-3H3,(H,15,17).